The van der Waals surface area contributed by atoms with E-state index in [1.165, 1.54) is 16.8 Å². The van der Waals surface area contributed by atoms with Crippen LogP contribution in [-0.4, -0.2) is 34.6 Å². The summed E-state index contributed by atoms with van der Waals surface area (Å²) in [6.07, 6.45) is 0. The molecule has 9 nitrogen and oxygen atoms in total. The Labute approximate surface area is 176 Å². The van der Waals surface area contributed by atoms with Gasteiger partial charge in [-0.3, -0.25) is 4.79 Å². The smallest absolute Gasteiger partial charge is 0.335 e. The Morgan fingerprint density at radius 3 is 2.60 bits per heavy atom. The van der Waals surface area contributed by atoms with Crippen molar-refractivity contribution < 1.29 is 33.7 Å². The van der Waals surface area contributed by atoms with Crippen molar-refractivity contribution in [2.24, 2.45) is 0 Å². The first-order valence-corrected chi connectivity index (χ1v) is 9.73. The van der Waals surface area contributed by atoms with Gasteiger partial charge in [-0.1, -0.05) is 6.07 Å². The first-order chi connectivity index (χ1) is 14.3. The molecule has 3 aromatic rings. The molecule has 1 amide bonds. The van der Waals surface area contributed by atoms with E-state index in [1.807, 2.05) is 0 Å². The summed E-state index contributed by atoms with van der Waals surface area (Å²) in [7, 11) is 1.55. The van der Waals surface area contributed by atoms with E-state index in [4.69, 9.17) is 14.4 Å². The molecule has 2 aromatic carbocycles. The number of benzene rings is 2. The van der Waals surface area contributed by atoms with Crippen LogP contribution >= 0.6 is 11.8 Å². The summed E-state index contributed by atoms with van der Waals surface area (Å²) in [4.78, 5) is 23.8. The number of anilines is 1. The summed E-state index contributed by atoms with van der Waals surface area (Å²) in [5.41, 5.74) is 1.74. The van der Waals surface area contributed by atoms with Crippen molar-refractivity contribution in [1.82, 2.24) is 5.27 Å². The molecule has 2 N–H and O–H groups in total. The first-order valence-electron chi connectivity index (χ1n) is 8.85. The predicted octanol–water partition coefficient (Wildman–Crippen LogP) is 2.16. The Kier molecular flexibility index (Phi) is 6.26. The molecule has 0 fully saturated rings. The first kappa shape index (κ1) is 21.2. The number of hydrogen-bond donors (Lipinski definition) is 2. The maximum absolute atomic E-state index is 12.7. The van der Waals surface area contributed by atoms with Crippen molar-refractivity contribution in [3.63, 3.8) is 0 Å². The summed E-state index contributed by atoms with van der Waals surface area (Å²) in [5, 5.41) is 27.2. The number of carbonyl (C=O) groups excluding carboxylic acids is 1. The number of aryl methyl sites for hydroxylation is 1. The minimum Gasteiger partial charge on any atom is -0.538 e. The quantitative estimate of drug-likeness (QED) is 0.432. The van der Waals surface area contributed by atoms with Gasteiger partial charge in [0.05, 0.1) is 23.2 Å². The molecular formula is C20H19N3O6S. The van der Waals surface area contributed by atoms with Gasteiger partial charge in [0, 0.05) is 17.8 Å². The number of carboxylic acids is 1. The van der Waals surface area contributed by atoms with Crippen LogP contribution in [0.15, 0.2) is 52.0 Å². The molecule has 0 aliphatic heterocycles. The molecule has 0 radical (unpaired) electrons. The molecule has 1 aromatic heterocycles. The number of rotatable bonds is 7. The second-order valence-electron chi connectivity index (χ2n) is 6.36. The van der Waals surface area contributed by atoms with E-state index < -0.39 is 23.1 Å². The highest BCUT2D eigenvalue weighted by molar-refractivity contribution is 8.00. The summed E-state index contributed by atoms with van der Waals surface area (Å²) < 4.78 is 11.2. The third kappa shape index (κ3) is 4.54. The number of amides is 1. The van der Waals surface area contributed by atoms with Gasteiger partial charge in [0.2, 0.25) is 11.6 Å². The fourth-order valence-electron chi connectivity index (χ4n) is 2.57. The van der Waals surface area contributed by atoms with Crippen LogP contribution in [0.2, 0.25) is 0 Å². The van der Waals surface area contributed by atoms with E-state index in [9.17, 15) is 14.7 Å². The average Bonchev–Trinajstić information content (AvgIpc) is 3.09. The largest absolute Gasteiger partial charge is 0.538 e. The molecule has 0 spiro atoms. The predicted molar refractivity (Wildman–Crippen MR) is 106 cm³/mol. The molecule has 0 aliphatic carbocycles. The van der Waals surface area contributed by atoms with Crippen molar-refractivity contribution in [2.75, 3.05) is 12.4 Å². The number of carboxylic acid groups (broad SMARTS) is 1. The number of carbonyl (C=O) groups is 2. The van der Waals surface area contributed by atoms with Gasteiger partial charge in [-0.15, -0.1) is 0 Å². The van der Waals surface area contributed by atoms with Crippen LogP contribution < -0.4 is 19.8 Å². The molecule has 1 atom stereocenters. The van der Waals surface area contributed by atoms with E-state index in [-0.39, 0.29) is 10.6 Å². The number of nitrogens with zero attached hydrogens (tertiary/aromatic N) is 2. The average molecular weight is 429 g/mol. The van der Waals surface area contributed by atoms with Gasteiger partial charge in [-0.2, -0.15) is 0 Å². The Morgan fingerprint density at radius 1 is 1.27 bits per heavy atom. The maximum Gasteiger partial charge on any atom is 0.335 e. The normalized spacial score (nSPS) is 11.7. The zero-order valence-corrected chi connectivity index (χ0v) is 17.2. The van der Waals surface area contributed by atoms with Crippen molar-refractivity contribution in [1.29, 1.82) is 0 Å². The lowest BCUT2D eigenvalue weighted by atomic mass is 10.1. The summed E-state index contributed by atoms with van der Waals surface area (Å²) in [6.45, 7) is 3.38. The molecule has 0 saturated carbocycles. The van der Waals surface area contributed by atoms with Crippen LogP contribution in [0.25, 0.3) is 5.69 Å². The Balaban J connectivity index is 1.78. The SMILES string of the molecule is COc1ccc(-[n+]2noc([O-])c2SC(C)C(=O)Nc2cc(C(=O)O)ccc2C)cc1. The topological polar surface area (TPSA) is 129 Å². The molecule has 1 heterocycles. The molecule has 0 aliphatic rings. The van der Waals surface area contributed by atoms with Gasteiger partial charge < -0.3 is 24.8 Å². The van der Waals surface area contributed by atoms with Gasteiger partial charge in [0.1, 0.15) is 5.75 Å². The second kappa shape index (κ2) is 8.87. The highest BCUT2D eigenvalue weighted by Crippen LogP contribution is 2.29. The highest BCUT2D eigenvalue weighted by atomic mass is 32.2. The second-order valence-corrected chi connectivity index (χ2v) is 7.69. The van der Waals surface area contributed by atoms with Crippen LogP contribution in [0, 0.1) is 6.92 Å². The third-order valence-corrected chi connectivity index (χ3v) is 5.42. The van der Waals surface area contributed by atoms with Gasteiger partial charge in [0.25, 0.3) is 5.03 Å². The number of methoxy groups -OCH3 is 1. The van der Waals surface area contributed by atoms with Crippen molar-refractivity contribution in [3.8, 4) is 17.4 Å². The minimum atomic E-state index is -1.09. The highest BCUT2D eigenvalue weighted by Gasteiger charge is 2.27. The fraction of sp³-hybridized carbons (Fsp3) is 0.200. The molecule has 3 rings (SSSR count). The van der Waals surface area contributed by atoms with E-state index in [2.05, 4.69) is 10.6 Å². The molecule has 10 heteroatoms. The number of aromatic nitrogens is 2. The van der Waals surface area contributed by atoms with Gasteiger partial charge >= 0.3 is 5.97 Å². The Hall–Kier alpha value is -3.53. The van der Waals surface area contributed by atoms with Crippen molar-refractivity contribution >= 4 is 29.3 Å². The van der Waals surface area contributed by atoms with Crippen LogP contribution in [0.1, 0.15) is 22.8 Å². The molecular weight excluding hydrogens is 410 g/mol. The molecule has 156 valence electrons. The lowest BCUT2D eigenvalue weighted by Crippen LogP contribution is -2.36. The lowest BCUT2D eigenvalue weighted by molar-refractivity contribution is -0.705. The molecule has 0 saturated heterocycles. The van der Waals surface area contributed by atoms with Gasteiger partial charge in [0.15, 0.2) is 5.95 Å². The maximum atomic E-state index is 12.7. The van der Waals surface area contributed by atoms with Crippen molar-refractivity contribution in [3.05, 3.63) is 53.6 Å². The van der Waals surface area contributed by atoms with E-state index in [0.717, 1.165) is 11.8 Å². The zero-order valence-electron chi connectivity index (χ0n) is 16.4. The van der Waals surface area contributed by atoms with Crippen LogP contribution in [0.5, 0.6) is 11.7 Å². The van der Waals surface area contributed by atoms with Crippen LogP contribution in [0.4, 0.5) is 5.69 Å². The summed E-state index contributed by atoms with van der Waals surface area (Å²) in [6, 6.07) is 11.3. The number of ether oxygens (including phenoxy) is 1. The molecule has 0 bridgehead atoms. The monoisotopic (exact) mass is 429 g/mol. The van der Waals surface area contributed by atoms with E-state index >= 15 is 0 Å². The van der Waals surface area contributed by atoms with Crippen LogP contribution in [0.3, 0.4) is 0 Å². The molecule has 30 heavy (non-hydrogen) atoms. The molecule has 1 unspecified atom stereocenters. The zero-order chi connectivity index (χ0) is 21.8. The third-order valence-electron chi connectivity index (χ3n) is 4.29. The minimum absolute atomic E-state index is 0.0643. The standard InChI is InChI=1S/C20H19N3O6S/c1-11-4-5-13(19(25)26)10-16(11)21-17(24)12(2)30-18-20(27)29-22-23(18)14-6-8-15(28-3)9-7-14/h4-10,12H,1-3H3,(H2-,21,22,24,25,26,27). The van der Waals surface area contributed by atoms with Crippen LogP contribution in [-0.2, 0) is 4.79 Å². The Bertz CT molecular complexity index is 1080. The Morgan fingerprint density at radius 2 is 1.97 bits per heavy atom. The van der Waals surface area contributed by atoms with Gasteiger partial charge in [-0.25, -0.2) is 4.79 Å². The number of hydrogen-bond acceptors (Lipinski definition) is 7. The van der Waals surface area contributed by atoms with Gasteiger partial charge in [-0.05, 0) is 60.1 Å². The van der Waals surface area contributed by atoms with E-state index in [0.29, 0.717) is 22.7 Å². The fourth-order valence-corrected chi connectivity index (χ4v) is 3.44. The number of nitrogens with one attached hydrogen (secondary N) is 1. The van der Waals surface area contributed by atoms with Crippen molar-refractivity contribution in [2.45, 2.75) is 24.1 Å². The summed E-state index contributed by atoms with van der Waals surface area (Å²) in [5.74, 6) is -1.51. The van der Waals surface area contributed by atoms with E-state index in [1.54, 1.807) is 51.3 Å². The number of aromatic carboxylic acids is 1. The summed E-state index contributed by atoms with van der Waals surface area (Å²) >= 11 is 0.987. The number of thioether (sulfide) groups is 1. The lowest BCUT2D eigenvalue weighted by Gasteiger charge is -2.13.